The van der Waals surface area contributed by atoms with Gasteiger partial charge < -0.3 is 0 Å². The SMILES string of the molecule is O=C1CCN(C(c2cccc3cccc([N+](=O)[O-])c23)C(F)(F)F)N1. The lowest BCUT2D eigenvalue weighted by atomic mass is 9.96. The number of amides is 1. The lowest BCUT2D eigenvalue weighted by molar-refractivity contribution is -0.383. The number of nitrogens with zero attached hydrogens (tertiary/aromatic N) is 2. The number of carbonyl (C=O) groups is 1. The average molecular weight is 339 g/mol. The molecule has 1 atom stereocenters. The van der Waals surface area contributed by atoms with Gasteiger partial charge in [0.25, 0.3) is 5.69 Å². The molecular weight excluding hydrogens is 327 g/mol. The summed E-state index contributed by atoms with van der Waals surface area (Å²) in [7, 11) is 0. The molecule has 0 bridgehead atoms. The van der Waals surface area contributed by atoms with E-state index in [0.29, 0.717) is 5.39 Å². The van der Waals surface area contributed by atoms with Gasteiger partial charge in [-0.3, -0.25) is 20.3 Å². The largest absolute Gasteiger partial charge is 0.409 e. The van der Waals surface area contributed by atoms with E-state index in [-0.39, 0.29) is 23.9 Å². The van der Waals surface area contributed by atoms with Gasteiger partial charge in [0, 0.05) is 19.0 Å². The summed E-state index contributed by atoms with van der Waals surface area (Å²) < 4.78 is 41.0. The third kappa shape index (κ3) is 2.78. The van der Waals surface area contributed by atoms with Crippen LogP contribution in [0.1, 0.15) is 18.0 Å². The van der Waals surface area contributed by atoms with Gasteiger partial charge in [-0.15, -0.1) is 0 Å². The maximum atomic E-state index is 13.7. The number of hydrogen-bond acceptors (Lipinski definition) is 4. The van der Waals surface area contributed by atoms with Gasteiger partial charge in [-0.05, 0) is 10.9 Å². The first kappa shape index (κ1) is 16.2. The molecule has 6 nitrogen and oxygen atoms in total. The van der Waals surface area contributed by atoms with Gasteiger partial charge in [0.2, 0.25) is 5.91 Å². The van der Waals surface area contributed by atoms with Crippen molar-refractivity contribution in [3.05, 3.63) is 52.1 Å². The predicted octanol–water partition coefficient (Wildman–Crippen LogP) is 3.09. The summed E-state index contributed by atoms with van der Waals surface area (Å²) in [5.74, 6) is -0.515. The molecule has 0 radical (unpaired) electrons. The normalized spacial score (nSPS) is 17.0. The number of rotatable bonds is 3. The summed E-state index contributed by atoms with van der Waals surface area (Å²) in [6, 6.07) is 6.08. The van der Waals surface area contributed by atoms with Crippen LogP contribution in [0.2, 0.25) is 0 Å². The molecule has 24 heavy (non-hydrogen) atoms. The second-order valence-corrected chi connectivity index (χ2v) is 5.40. The third-order valence-corrected chi connectivity index (χ3v) is 3.88. The monoisotopic (exact) mass is 339 g/mol. The molecule has 0 saturated carbocycles. The number of nitro groups is 1. The zero-order valence-electron chi connectivity index (χ0n) is 12.2. The van der Waals surface area contributed by atoms with Crippen molar-refractivity contribution in [3.8, 4) is 0 Å². The quantitative estimate of drug-likeness (QED) is 0.689. The van der Waals surface area contributed by atoms with Crippen LogP contribution in [0.4, 0.5) is 18.9 Å². The van der Waals surface area contributed by atoms with Crippen molar-refractivity contribution in [3.63, 3.8) is 0 Å². The number of non-ortho nitro benzene ring substituents is 1. The van der Waals surface area contributed by atoms with Crippen LogP contribution in [0.25, 0.3) is 10.8 Å². The zero-order chi connectivity index (χ0) is 17.5. The number of benzene rings is 2. The molecule has 1 N–H and O–H groups in total. The summed E-state index contributed by atoms with van der Waals surface area (Å²) >= 11 is 0. The first-order valence-corrected chi connectivity index (χ1v) is 7.08. The van der Waals surface area contributed by atoms with E-state index in [2.05, 4.69) is 5.43 Å². The third-order valence-electron chi connectivity index (χ3n) is 3.88. The fourth-order valence-corrected chi connectivity index (χ4v) is 2.94. The molecule has 1 saturated heterocycles. The van der Waals surface area contributed by atoms with Crippen LogP contribution in [-0.4, -0.2) is 28.6 Å². The van der Waals surface area contributed by atoms with Crippen molar-refractivity contribution in [2.24, 2.45) is 0 Å². The van der Waals surface area contributed by atoms with E-state index in [4.69, 9.17) is 0 Å². The van der Waals surface area contributed by atoms with Gasteiger partial charge in [-0.2, -0.15) is 13.2 Å². The number of hydrogen-bond donors (Lipinski definition) is 1. The Balaban J connectivity index is 2.25. The van der Waals surface area contributed by atoms with Crippen molar-refractivity contribution < 1.29 is 22.9 Å². The van der Waals surface area contributed by atoms with E-state index in [1.54, 1.807) is 0 Å². The van der Waals surface area contributed by atoms with E-state index in [1.165, 1.54) is 36.4 Å². The van der Waals surface area contributed by atoms with Gasteiger partial charge in [0.1, 0.15) is 0 Å². The number of nitro benzene ring substituents is 1. The fraction of sp³-hybridized carbons (Fsp3) is 0.267. The Morgan fingerprint density at radius 3 is 2.42 bits per heavy atom. The lowest BCUT2D eigenvalue weighted by Crippen LogP contribution is -2.43. The van der Waals surface area contributed by atoms with Crippen LogP contribution in [-0.2, 0) is 4.79 Å². The number of hydrazine groups is 1. The van der Waals surface area contributed by atoms with Crippen molar-refractivity contribution in [2.45, 2.75) is 18.6 Å². The topological polar surface area (TPSA) is 75.5 Å². The van der Waals surface area contributed by atoms with Crippen molar-refractivity contribution in [1.82, 2.24) is 10.4 Å². The average Bonchev–Trinajstić information content (AvgIpc) is 2.91. The molecule has 1 aliphatic rings. The number of alkyl halides is 3. The highest BCUT2D eigenvalue weighted by Crippen LogP contribution is 2.42. The Bertz CT molecular complexity index is 817. The predicted molar refractivity (Wildman–Crippen MR) is 78.9 cm³/mol. The highest BCUT2D eigenvalue weighted by Gasteiger charge is 2.48. The summed E-state index contributed by atoms with van der Waals surface area (Å²) in [4.78, 5) is 21.9. The Morgan fingerprint density at radius 1 is 1.21 bits per heavy atom. The molecule has 1 amide bonds. The van der Waals surface area contributed by atoms with Gasteiger partial charge in [-0.25, -0.2) is 5.01 Å². The van der Waals surface area contributed by atoms with Gasteiger partial charge in [0.05, 0.1) is 10.3 Å². The van der Waals surface area contributed by atoms with Crippen molar-refractivity contribution in [1.29, 1.82) is 0 Å². The zero-order valence-corrected chi connectivity index (χ0v) is 12.2. The molecule has 126 valence electrons. The highest BCUT2D eigenvalue weighted by molar-refractivity contribution is 5.94. The summed E-state index contributed by atoms with van der Waals surface area (Å²) in [5, 5.41) is 12.3. The first-order valence-electron chi connectivity index (χ1n) is 7.08. The Labute approximate surface area is 134 Å². The molecule has 2 aromatic rings. The molecule has 2 aromatic carbocycles. The van der Waals surface area contributed by atoms with Crippen LogP contribution in [0.3, 0.4) is 0 Å². The Kier molecular flexibility index (Phi) is 3.88. The second-order valence-electron chi connectivity index (χ2n) is 5.40. The van der Waals surface area contributed by atoms with E-state index in [9.17, 15) is 28.1 Å². The first-order chi connectivity index (χ1) is 11.3. The molecule has 0 aliphatic carbocycles. The Morgan fingerprint density at radius 2 is 1.88 bits per heavy atom. The number of carbonyl (C=O) groups excluding carboxylic acids is 1. The fourth-order valence-electron chi connectivity index (χ4n) is 2.94. The van der Waals surface area contributed by atoms with E-state index >= 15 is 0 Å². The summed E-state index contributed by atoms with van der Waals surface area (Å²) in [6.45, 7) is -0.125. The maximum absolute atomic E-state index is 13.7. The molecular formula is C15H12F3N3O3. The lowest BCUT2D eigenvalue weighted by Gasteiger charge is -2.30. The number of fused-ring (bicyclic) bond motifs is 1. The standard InChI is InChI=1S/C15H12F3N3O3/c16-15(17,18)14(20-8-7-12(22)19-20)10-5-1-3-9-4-2-6-11(13(9)10)21(23)24/h1-6,14H,7-8H2,(H,19,22). The summed E-state index contributed by atoms with van der Waals surface area (Å²) in [6.07, 6.45) is -4.77. The molecule has 1 unspecified atom stereocenters. The van der Waals surface area contributed by atoms with E-state index in [1.807, 2.05) is 0 Å². The van der Waals surface area contributed by atoms with Crippen LogP contribution in [0, 0.1) is 10.1 Å². The molecule has 1 fully saturated rings. The molecule has 0 spiro atoms. The van der Waals surface area contributed by atoms with Crippen LogP contribution >= 0.6 is 0 Å². The minimum atomic E-state index is -4.71. The molecule has 1 aliphatic heterocycles. The Hall–Kier alpha value is -2.68. The number of nitrogens with one attached hydrogen (secondary N) is 1. The van der Waals surface area contributed by atoms with Crippen LogP contribution < -0.4 is 5.43 Å². The molecule has 3 rings (SSSR count). The highest BCUT2D eigenvalue weighted by atomic mass is 19.4. The van der Waals surface area contributed by atoms with Crippen molar-refractivity contribution in [2.75, 3.05) is 6.54 Å². The van der Waals surface area contributed by atoms with Crippen LogP contribution in [0.15, 0.2) is 36.4 Å². The summed E-state index contributed by atoms with van der Waals surface area (Å²) in [5.41, 5.74) is 1.52. The van der Waals surface area contributed by atoms with Crippen molar-refractivity contribution >= 4 is 22.4 Å². The van der Waals surface area contributed by atoms with Gasteiger partial charge in [0.15, 0.2) is 6.04 Å². The number of halogens is 3. The van der Waals surface area contributed by atoms with Gasteiger partial charge >= 0.3 is 6.18 Å². The van der Waals surface area contributed by atoms with E-state index in [0.717, 1.165) is 5.01 Å². The van der Waals surface area contributed by atoms with Crippen LogP contribution in [0.5, 0.6) is 0 Å². The smallest absolute Gasteiger partial charge is 0.288 e. The molecule has 9 heteroatoms. The minimum Gasteiger partial charge on any atom is -0.288 e. The van der Waals surface area contributed by atoms with Gasteiger partial charge in [-0.1, -0.05) is 30.3 Å². The second kappa shape index (κ2) is 5.75. The van der Waals surface area contributed by atoms with E-state index < -0.39 is 28.7 Å². The molecule has 0 aromatic heterocycles. The maximum Gasteiger partial charge on any atom is 0.409 e. The minimum absolute atomic E-state index is 0.0561. The molecule has 1 heterocycles.